The molecule has 3 heterocycles. The summed E-state index contributed by atoms with van der Waals surface area (Å²) in [4.78, 5) is 15.6. The summed E-state index contributed by atoms with van der Waals surface area (Å²) in [5, 5.41) is 0. The number of hydrogen-bond donors (Lipinski definition) is 0. The molecule has 0 bridgehead atoms. The first-order chi connectivity index (χ1) is 17.8. The lowest BCUT2D eigenvalue weighted by Crippen LogP contribution is -2.45. The number of rotatable bonds is 5. The van der Waals surface area contributed by atoms with Gasteiger partial charge in [-0.3, -0.25) is 0 Å². The van der Waals surface area contributed by atoms with Crippen molar-refractivity contribution in [2.24, 2.45) is 0 Å². The Morgan fingerprint density at radius 2 is 1.73 bits per heavy atom. The lowest BCUT2D eigenvalue weighted by atomic mass is 9.96. The van der Waals surface area contributed by atoms with Crippen LogP contribution in [0.25, 0.3) is 11.4 Å². The number of benzene rings is 2. The molecule has 5 nitrogen and oxygen atoms in total. The van der Waals surface area contributed by atoms with Gasteiger partial charge in [-0.2, -0.15) is 0 Å². The molecule has 5 heteroatoms. The molecule has 0 spiro atoms. The molecule has 5 rings (SSSR count). The van der Waals surface area contributed by atoms with Gasteiger partial charge in [0, 0.05) is 56.0 Å². The molecule has 1 saturated heterocycles. The van der Waals surface area contributed by atoms with Crippen LogP contribution in [0, 0.1) is 20.8 Å². The van der Waals surface area contributed by atoms with Crippen molar-refractivity contribution in [2.45, 2.75) is 85.4 Å². The molecule has 0 amide bonds. The van der Waals surface area contributed by atoms with E-state index >= 15 is 0 Å². The summed E-state index contributed by atoms with van der Waals surface area (Å²) in [5.74, 6) is 2.50. The van der Waals surface area contributed by atoms with Gasteiger partial charge in [-0.1, -0.05) is 44.2 Å². The summed E-state index contributed by atoms with van der Waals surface area (Å²) in [7, 11) is 1.84. The number of fused-ring (bicyclic) bond motifs is 1. The highest BCUT2D eigenvalue weighted by molar-refractivity contribution is 5.68. The normalized spacial score (nSPS) is 19.9. The molecular weight excluding hydrogens is 456 g/mol. The van der Waals surface area contributed by atoms with Crippen molar-refractivity contribution >= 4 is 11.5 Å². The van der Waals surface area contributed by atoms with E-state index < -0.39 is 0 Å². The van der Waals surface area contributed by atoms with E-state index in [0.717, 1.165) is 50.5 Å². The molecule has 1 fully saturated rings. The van der Waals surface area contributed by atoms with Crippen molar-refractivity contribution in [3.63, 3.8) is 0 Å². The average Bonchev–Trinajstić information content (AvgIpc) is 2.88. The number of aromatic nitrogens is 2. The summed E-state index contributed by atoms with van der Waals surface area (Å²) in [6.45, 7) is 16.2. The molecule has 2 aliphatic heterocycles. The van der Waals surface area contributed by atoms with Gasteiger partial charge in [-0.05, 0) is 74.8 Å². The van der Waals surface area contributed by atoms with Crippen LogP contribution in [0.2, 0.25) is 0 Å². The fourth-order valence-corrected chi connectivity index (χ4v) is 6.10. The van der Waals surface area contributed by atoms with Gasteiger partial charge in [0.15, 0.2) is 5.82 Å². The van der Waals surface area contributed by atoms with E-state index in [2.05, 4.69) is 87.7 Å². The van der Waals surface area contributed by atoms with Crippen LogP contribution in [0.1, 0.15) is 73.0 Å². The molecule has 0 aliphatic carbocycles. The lowest BCUT2D eigenvalue weighted by Gasteiger charge is -2.41. The van der Waals surface area contributed by atoms with Crippen LogP contribution in [0.3, 0.4) is 0 Å². The van der Waals surface area contributed by atoms with E-state index in [-0.39, 0.29) is 0 Å². The monoisotopic (exact) mass is 498 g/mol. The minimum Gasteiger partial charge on any atom is -0.381 e. The molecule has 0 radical (unpaired) electrons. The van der Waals surface area contributed by atoms with Crippen LogP contribution in [0.5, 0.6) is 0 Å². The van der Waals surface area contributed by atoms with E-state index in [1.54, 1.807) is 0 Å². The molecule has 2 atom stereocenters. The molecule has 2 aromatic carbocycles. The molecule has 0 unspecified atom stereocenters. The molecule has 196 valence electrons. The van der Waals surface area contributed by atoms with Crippen LogP contribution in [-0.4, -0.2) is 42.3 Å². The molecule has 3 aromatic rings. The van der Waals surface area contributed by atoms with Crippen LogP contribution >= 0.6 is 0 Å². The Bertz CT molecular complexity index is 1260. The third-order valence-corrected chi connectivity index (χ3v) is 8.42. The number of aryl methyl sites for hydroxylation is 3. The predicted molar refractivity (Wildman–Crippen MR) is 154 cm³/mol. The molecule has 37 heavy (non-hydrogen) atoms. The highest BCUT2D eigenvalue weighted by Gasteiger charge is 2.32. The van der Waals surface area contributed by atoms with Gasteiger partial charge in [0.1, 0.15) is 5.82 Å². The van der Waals surface area contributed by atoms with Crippen molar-refractivity contribution in [3.8, 4) is 11.4 Å². The number of methoxy groups -OCH3 is 1. The van der Waals surface area contributed by atoms with Gasteiger partial charge in [0.25, 0.3) is 0 Å². The Hall–Kier alpha value is -2.92. The van der Waals surface area contributed by atoms with Gasteiger partial charge in [-0.15, -0.1) is 0 Å². The second-order valence-electron chi connectivity index (χ2n) is 11.4. The first kappa shape index (κ1) is 25.7. The van der Waals surface area contributed by atoms with Crippen molar-refractivity contribution in [1.29, 1.82) is 0 Å². The second-order valence-corrected chi connectivity index (χ2v) is 11.4. The summed E-state index contributed by atoms with van der Waals surface area (Å²) < 4.78 is 5.73. The maximum absolute atomic E-state index is 5.73. The summed E-state index contributed by atoms with van der Waals surface area (Å²) in [6, 6.07) is 13.8. The summed E-state index contributed by atoms with van der Waals surface area (Å²) >= 11 is 0. The SMILES string of the molecule is CO[C@@H]1CCN(c2nc(-c3c(C)cccc3C)nc3c2CN(c2cc(C(C)C)ccc2C)CC3)[C@H](C)C1. The molecular formula is C32H42N4O. The zero-order valence-electron chi connectivity index (χ0n) is 23.6. The maximum Gasteiger partial charge on any atom is 0.162 e. The Morgan fingerprint density at radius 3 is 2.41 bits per heavy atom. The Morgan fingerprint density at radius 1 is 0.973 bits per heavy atom. The summed E-state index contributed by atoms with van der Waals surface area (Å²) in [5.41, 5.74) is 10.2. The first-order valence-corrected chi connectivity index (χ1v) is 13.9. The molecule has 0 N–H and O–H groups in total. The van der Waals surface area contributed by atoms with E-state index in [1.807, 2.05) is 7.11 Å². The van der Waals surface area contributed by atoms with Gasteiger partial charge < -0.3 is 14.5 Å². The standard InChI is InChI=1S/C32H42N4O/c1-20(2)25-12-11-21(3)29(18-25)35-15-14-28-27(19-35)32(36-16-13-26(37-7)17-24(36)6)34-31(33-28)30-22(4)9-8-10-23(30)5/h8-12,18,20,24,26H,13-17,19H2,1-7H3/t24-,26-/m1/s1. The van der Waals surface area contributed by atoms with Gasteiger partial charge in [-0.25, -0.2) is 9.97 Å². The number of nitrogens with zero attached hydrogens (tertiary/aromatic N) is 4. The summed E-state index contributed by atoms with van der Waals surface area (Å²) in [6.07, 6.45) is 3.29. The topological polar surface area (TPSA) is 41.5 Å². The second kappa shape index (κ2) is 10.4. The van der Waals surface area contributed by atoms with Crippen LogP contribution in [-0.2, 0) is 17.7 Å². The van der Waals surface area contributed by atoms with Crippen LogP contribution < -0.4 is 9.80 Å². The Kier molecular flexibility index (Phi) is 7.26. The lowest BCUT2D eigenvalue weighted by molar-refractivity contribution is 0.0719. The van der Waals surface area contributed by atoms with Crippen molar-refractivity contribution < 1.29 is 4.74 Å². The molecule has 0 saturated carbocycles. The number of piperidine rings is 1. The van der Waals surface area contributed by atoms with E-state index in [0.29, 0.717) is 18.1 Å². The van der Waals surface area contributed by atoms with Gasteiger partial charge in [0.2, 0.25) is 0 Å². The minimum absolute atomic E-state index is 0.319. The predicted octanol–water partition coefficient (Wildman–Crippen LogP) is 6.76. The van der Waals surface area contributed by atoms with E-state index in [1.165, 1.54) is 44.8 Å². The fourth-order valence-electron chi connectivity index (χ4n) is 6.10. The third-order valence-electron chi connectivity index (χ3n) is 8.42. The largest absolute Gasteiger partial charge is 0.381 e. The minimum atomic E-state index is 0.319. The van der Waals surface area contributed by atoms with E-state index in [4.69, 9.17) is 14.7 Å². The Balaban J connectivity index is 1.60. The molecule has 1 aromatic heterocycles. The average molecular weight is 499 g/mol. The number of anilines is 2. The van der Waals surface area contributed by atoms with Crippen molar-refractivity contribution in [1.82, 2.24) is 9.97 Å². The quantitative estimate of drug-likeness (QED) is 0.389. The smallest absolute Gasteiger partial charge is 0.162 e. The fraction of sp³-hybridized carbons (Fsp3) is 0.500. The molecule has 2 aliphatic rings. The van der Waals surface area contributed by atoms with E-state index in [9.17, 15) is 0 Å². The van der Waals surface area contributed by atoms with Gasteiger partial charge >= 0.3 is 0 Å². The van der Waals surface area contributed by atoms with Crippen molar-refractivity contribution in [2.75, 3.05) is 30.0 Å². The van der Waals surface area contributed by atoms with Crippen LogP contribution in [0.15, 0.2) is 36.4 Å². The maximum atomic E-state index is 5.73. The van der Waals surface area contributed by atoms with Crippen LogP contribution in [0.4, 0.5) is 11.5 Å². The highest BCUT2D eigenvalue weighted by Crippen LogP contribution is 2.37. The third kappa shape index (κ3) is 4.98. The van der Waals surface area contributed by atoms with Crippen molar-refractivity contribution in [3.05, 3.63) is 69.9 Å². The number of hydrogen-bond acceptors (Lipinski definition) is 5. The zero-order chi connectivity index (χ0) is 26.3. The van der Waals surface area contributed by atoms with Gasteiger partial charge in [0.05, 0.1) is 11.8 Å². The zero-order valence-corrected chi connectivity index (χ0v) is 23.6. The first-order valence-electron chi connectivity index (χ1n) is 13.9. The Labute approximate surface area is 222 Å². The number of ether oxygens (including phenoxy) is 1. The highest BCUT2D eigenvalue weighted by atomic mass is 16.5.